The van der Waals surface area contributed by atoms with E-state index in [0.29, 0.717) is 6.54 Å². The Kier molecular flexibility index (Phi) is 4.04. The maximum atomic E-state index is 12.2. The maximum absolute atomic E-state index is 12.2. The van der Waals surface area contributed by atoms with Gasteiger partial charge in [0.05, 0.1) is 11.9 Å². The van der Waals surface area contributed by atoms with Gasteiger partial charge in [0.15, 0.2) is 0 Å². The second-order valence-corrected chi connectivity index (χ2v) is 4.63. The van der Waals surface area contributed by atoms with Gasteiger partial charge in [0.1, 0.15) is 0 Å². The van der Waals surface area contributed by atoms with Crippen LogP contribution in [0.5, 0.6) is 0 Å². The average molecular weight is 268 g/mol. The highest BCUT2D eigenvalue weighted by Crippen LogP contribution is 2.21. The van der Waals surface area contributed by atoms with Crippen molar-refractivity contribution in [1.82, 2.24) is 10.3 Å². The van der Waals surface area contributed by atoms with Gasteiger partial charge < -0.3 is 5.32 Å². The van der Waals surface area contributed by atoms with E-state index >= 15 is 0 Å². The zero-order chi connectivity index (χ0) is 13.9. The quantitative estimate of drug-likeness (QED) is 0.915. The molecule has 2 nitrogen and oxygen atoms in total. The molecule has 1 unspecified atom stereocenters. The van der Waals surface area contributed by atoms with Gasteiger partial charge in [-0.05, 0) is 30.7 Å². The molecule has 2 aromatic rings. The molecule has 0 radical (unpaired) electrons. The summed E-state index contributed by atoms with van der Waals surface area (Å²) in [7, 11) is 0. The summed E-state index contributed by atoms with van der Waals surface area (Å²) in [5.41, 5.74) is 1.84. The van der Waals surface area contributed by atoms with Crippen LogP contribution in [-0.4, -0.2) is 17.2 Å². The van der Waals surface area contributed by atoms with Gasteiger partial charge in [-0.2, -0.15) is 13.2 Å². The van der Waals surface area contributed by atoms with Gasteiger partial charge in [0.2, 0.25) is 0 Å². The van der Waals surface area contributed by atoms with E-state index in [1.807, 2.05) is 30.3 Å². The first-order valence-electron chi connectivity index (χ1n) is 6.08. The first kappa shape index (κ1) is 13.8. The first-order valence-corrected chi connectivity index (χ1v) is 6.08. The predicted molar refractivity (Wildman–Crippen MR) is 68.7 cm³/mol. The Bertz CT molecular complexity index is 552. The van der Waals surface area contributed by atoms with Crippen molar-refractivity contribution in [3.05, 3.63) is 42.1 Å². The largest absolute Gasteiger partial charge is 0.390 e. The summed E-state index contributed by atoms with van der Waals surface area (Å²) in [6, 6.07) is 8.88. The molecular formula is C14H15F3N2. The molecule has 102 valence electrons. The predicted octanol–water partition coefficient (Wildman–Crippen LogP) is 3.67. The van der Waals surface area contributed by atoms with Crippen molar-refractivity contribution in [3.8, 4) is 0 Å². The highest BCUT2D eigenvalue weighted by Gasteiger charge is 2.29. The smallest absolute Gasteiger partial charge is 0.310 e. The molecular weight excluding hydrogens is 253 g/mol. The van der Waals surface area contributed by atoms with Crippen LogP contribution in [0.25, 0.3) is 10.9 Å². The molecule has 0 saturated carbocycles. The number of pyridine rings is 1. The lowest BCUT2D eigenvalue weighted by Gasteiger charge is -2.15. The molecule has 1 aromatic carbocycles. The van der Waals surface area contributed by atoms with Gasteiger partial charge in [-0.3, -0.25) is 4.98 Å². The topological polar surface area (TPSA) is 24.9 Å². The van der Waals surface area contributed by atoms with E-state index in [4.69, 9.17) is 0 Å². The van der Waals surface area contributed by atoms with Crippen molar-refractivity contribution in [2.45, 2.75) is 32.1 Å². The van der Waals surface area contributed by atoms with Gasteiger partial charge in [0.25, 0.3) is 0 Å². The number of nitrogens with zero attached hydrogens (tertiary/aromatic N) is 1. The highest BCUT2D eigenvalue weighted by atomic mass is 19.4. The fourth-order valence-corrected chi connectivity index (χ4v) is 1.95. The lowest BCUT2D eigenvalue weighted by molar-refractivity contribution is -0.139. The van der Waals surface area contributed by atoms with E-state index in [9.17, 15) is 13.2 Å². The SMILES string of the molecule is CC(CC(F)(F)F)NCc1ccc2ncccc2c1. The Balaban J connectivity index is 1.98. The number of benzene rings is 1. The fourth-order valence-electron chi connectivity index (χ4n) is 1.95. The summed E-state index contributed by atoms with van der Waals surface area (Å²) in [4.78, 5) is 4.20. The number of halogens is 3. The van der Waals surface area contributed by atoms with Crippen LogP contribution in [0.1, 0.15) is 18.9 Å². The van der Waals surface area contributed by atoms with E-state index in [0.717, 1.165) is 16.5 Å². The Morgan fingerprint density at radius 1 is 1.26 bits per heavy atom. The third-order valence-electron chi connectivity index (χ3n) is 2.86. The van der Waals surface area contributed by atoms with E-state index in [-0.39, 0.29) is 0 Å². The van der Waals surface area contributed by atoms with Crippen molar-refractivity contribution in [1.29, 1.82) is 0 Å². The average Bonchev–Trinajstić information content (AvgIpc) is 2.34. The maximum Gasteiger partial charge on any atom is 0.390 e. The highest BCUT2D eigenvalue weighted by molar-refractivity contribution is 5.78. The zero-order valence-electron chi connectivity index (χ0n) is 10.5. The van der Waals surface area contributed by atoms with Crippen LogP contribution in [0, 0.1) is 0 Å². The normalized spacial score (nSPS) is 13.7. The second kappa shape index (κ2) is 5.57. The molecule has 0 bridgehead atoms. The number of nitrogens with one attached hydrogen (secondary N) is 1. The van der Waals surface area contributed by atoms with Crippen molar-refractivity contribution in [3.63, 3.8) is 0 Å². The van der Waals surface area contributed by atoms with Gasteiger partial charge in [-0.25, -0.2) is 0 Å². The number of fused-ring (bicyclic) bond motifs is 1. The summed E-state index contributed by atoms with van der Waals surface area (Å²) >= 11 is 0. The third-order valence-corrected chi connectivity index (χ3v) is 2.86. The molecule has 0 saturated heterocycles. The molecule has 1 heterocycles. The first-order chi connectivity index (χ1) is 8.94. The zero-order valence-corrected chi connectivity index (χ0v) is 10.5. The van der Waals surface area contributed by atoms with E-state index < -0.39 is 18.6 Å². The number of alkyl halides is 3. The molecule has 1 atom stereocenters. The van der Waals surface area contributed by atoms with E-state index in [1.165, 1.54) is 6.92 Å². The molecule has 0 aliphatic carbocycles. The van der Waals surface area contributed by atoms with Crippen LogP contribution in [0.3, 0.4) is 0 Å². The minimum Gasteiger partial charge on any atom is -0.310 e. The number of aromatic nitrogens is 1. The number of hydrogen-bond acceptors (Lipinski definition) is 2. The minimum absolute atomic E-state index is 0.419. The van der Waals surface area contributed by atoms with Crippen molar-refractivity contribution < 1.29 is 13.2 Å². The van der Waals surface area contributed by atoms with Crippen LogP contribution >= 0.6 is 0 Å². The lowest BCUT2D eigenvalue weighted by atomic mass is 10.1. The molecule has 2 rings (SSSR count). The fraction of sp³-hybridized carbons (Fsp3) is 0.357. The molecule has 0 fully saturated rings. The summed E-state index contributed by atoms with van der Waals surface area (Å²) in [5, 5.41) is 3.87. The molecule has 0 aliphatic rings. The van der Waals surface area contributed by atoms with E-state index in [1.54, 1.807) is 6.20 Å². The molecule has 0 spiro atoms. The van der Waals surface area contributed by atoms with E-state index in [2.05, 4.69) is 10.3 Å². The summed E-state index contributed by atoms with van der Waals surface area (Å²) in [6.07, 6.45) is -3.23. The summed E-state index contributed by atoms with van der Waals surface area (Å²) in [6.45, 7) is 1.96. The third kappa shape index (κ3) is 4.21. The monoisotopic (exact) mass is 268 g/mol. The molecule has 0 amide bonds. The van der Waals surface area contributed by atoms with Gasteiger partial charge >= 0.3 is 6.18 Å². The number of rotatable bonds is 4. The Labute approximate surface area is 109 Å². The minimum atomic E-state index is -4.13. The van der Waals surface area contributed by atoms with Crippen LogP contribution in [0.2, 0.25) is 0 Å². The van der Waals surface area contributed by atoms with Crippen LogP contribution < -0.4 is 5.32 Å². The van der Waals surface area contributed by atoms with Crippen LogP contribution in [0.4, 0.5) is 13.2 Å². The second-order valence-electron chi connectivity index (χ2n) is 4.63. The van der Waals surface area contributed by atoms with Gasteiger partial charge in [0, 0.05) is 24.2 Å². The van der Waals surface area contributed by atoms with Crippen LogP contribution in [0.15, 0.2) is 36.5 Å². The molecule has 19 heavy (non-hydrogen) atoms. The van der Waals surface area contributed by atoms with Gasteiger partial charge in [-0.1, -0.05) is 12.1 Å². The van der Waals surface area contributed by atoms with Crippen LogP contribution in [-0.2, 0) is 6.54 Å². The lowest BCUT2D eigenvalue weighted by Crippen LogP contribution is -2.30. The number of hydrogen-bond donors (Lipinski definition) is 1. The van der Waals surface area contributed by atoms with Gasteiger partial charge in [-0.15, -0.1) is 0 Å². The van der Waals surface area contributed by atoms with Crippen molar-refractivity contribution in [2.24, 2.45) is 0 Å². The Morgan fingerprint density at radius 3 is 2.79 bits per heavy atom. The molecule has 1 N–H and O–H groups in total. The summed E-state index contributed by atoms with van der Waals surface area (Å²) < 4.78 is 36.6. The summed E-state index contributed by atoms with van der Waals surface area (Å²) in [5.74, 6) is 0. The standard InChI is InChI=1S/C14H15F3N2/c1-10(8-14(15,16)17)19-9-11-4-5-13-12(7-11)3-2-6-18-13/h2-7,10,19H,8-9H2,1H3. The molecule has 0 aliphatic heterocycles. The molecule has 1 aromatic heterocycles. The van der Waals surface area contributed by atoms with Crippen molar-refractivity contribution in [2.75, 3.05) is 0 Å². The Morgan fingerprint density at radius 2 is 2.05 bits per heavy atom. The molecule has 5 heteroatoms. The Hall–Kier alpha value is -1.62. The van der Waals surface area contributed by atoms with Crippen molar-refractivity contribution >= 4 is 10.9 Å².